The van der Waals surface area contributed by atoms with E-state index < -0.39 is 0 Å². The molecule has 0 aliphatic heterocycles. The smallest absolute Gasteiger partial charge is 0.251 e. The van der Waals surface area contributed by atoms with Crippen LogP contribution in [0, 0.1) is 5.92 Å². The van der Waals surface area contributed by atoms with Crippen LogP contribution in [0.3, 0.4) is 0 Å². The van der Waals surface area contributed by atoms with Crippen LogP contribution in [0.25, 0.3) is 10.8 Å². The topological polar surface area (TPSA) is 50.4 Å². The molecule has 0 radical (unpaired) electrons. The first kappa shape index (κ1) is 21.2. The van der Waals surface area contributed by atoms with Crippen LogP contribution in [-0.2, 0) is 4.74 Å². The van der Waals surface area contributed by atoms with Crippen molar-refractivity contribution in [1.29, 1.82) is 0 Å². The van der Waals surface area contributed by atoms with Gasteiger partial charge in [-0.05, 0) is 48.1 Å². The van der Waals surface area contributed by atoms with E-state index in [1.54, 1.807) is 7.11 Å². The van der Waals surface area contributed by atoms with E-state index in [4.69, 9.17) is 16.3 Å². The van der Waals surface area contributed by atoms with Crippen molar-refractivity contribution in [1.82, 2.24) is 5.32 Å². The van der Waals surface area contributed by atoms with Crippen LogP contribution in [0.5, 0.6) is 0 Å². The van der Waals surface area contributed by atoms with Gasteiger partial charge in [-0.3, -0.25) is 4.79 Å². The Bertz CT molecular complexity index is 974. The van der Waals surface area contributed by atoms with Gasteiger partial charge in [0.2, 0.25) is 0 Å². The average Bonchev–Trinajstić information content (AvgIpc) is 2.74. The van der Waals surface area contributed by atoms with Gasteiger partial charge in [0, 0.05) is 47.6 Å². The zero-order chi connectivity index (χ0) is 20.6. The Morgan fingerprint density at radius 2 is 1.86 bits per heavy atom. The number of anilines is 2. The summed E-state index contributed by atoms with van der Waals surface area (Å²) in [7, 11) is 1.70. The van der Waals surface area contributed by atoms with Crippen molar-refractivity contribution < 1.29 is 9.53 Å². The van der Waals surface area contributed by atoms with Gasteiger partial charge in [0.15, 0.2) is 0 Å². The van der Waals surface area contributed by atoms with Gasteiger partial charge in [-0.15, -0.1) is 0 Å². The minimum atomic E-state index is -0.0497. The Labute approximate surface area is 177 Å². The number of hydrogen-bond donors (Lipinski definition) is 2. The summed E-state index contributed by atoms with van der Waals surface area (Å²) in [5.74, 6) is 0.361. The highest BCUT2D eigenvalue weighted by atomic mass is 35.5. The zero-order valence-corrected chi connectivity index (χ0v) is 17.6. The molecule has 0 aliphatic carbocycles. The van der Waals surface area contributed by atoms with Crippen molar-refractivity contribution in [3.05, 3.63) is 71.2 Å². The van der Waals surface area contributed by atoms with Gasteiger partial charge < -0.3 is 15.4 Å². The molecule has 1 amide bonds. The molecule has 0 saturated heterocycles. The average molecular weight is 411 g/mol. The number of rotatable bonds is 9. The lowest BCUT2D eigenvalue weighted by Gasteiger charge is -2.17. The quantitative estimate of drug-likeness (QED) is 0.452. The Kier molecular flexibility index (Phi) is 7.50. The van der Waals surface area contributed by atoms with Crippen LogP contribution in [0.2, 0.25) is 5.02 Å². The molecule has 1 atom stereocenters. The highest BCUT2D eigenvalue weighted by Crippen LogP contribution is 2.30. The highest BCUT2D eigenvalue weighted by Gasteiger charge is 2.14. The maximum Gasteiger partial charge on any atom is 0.251 e. The van der Waals surface area contributed by atoms with E-state index in [9.17, 15) is 4.79 Å². The Hall–Kier alpha value is -2.56. The second kappa shape index (κ2) is 10.3. The van der Waals surface area contributed by atoms with Crippen molar-refractivity contribution in [2.45, 2.75) is 19.8 Å². The molecule has 0 bridgehead atoms. The van der Waals surface area contributed by atoms with Gasteiger partial charge in [-0.25, -0.2) is 0 Å². The molecule has 0 fully saturated rings. The largest absolute Gasteiger partial charge is 0.385 e. The van der Waals surface area contributed by atoms with Gasteiger partial charge in [-0.1, -0.05) is 55.3 Å². The summed E-state index contributed by atoms with van der Waals surface area (Å²) in [5.41, 5.74) is 2.52. The number of carbonyl (C=O) groups is 1. The van der Waals surface area contributed by atoms with E-state index in [-0.39, 0.29) is 5.91 Å². The fraction of sp³-hybridized carbons (Fsp3) is 0.292. The van der Waals surface area contributed by atoms with Gasteiger partial charge in [-0.2, -0.15) is 0 Å². The molecule has 0 aliphatic rings. The molecule has 152 valence electrons. The molecular weight excluding hydrogens is 384 g/mol. The molecule has 4 nitrogen and oxygen atoms in total. The lowest BCUT2D eigenvalue weighted by Crippen LogP contribution is -2.29. The zero-order valence-electron chi connectivity index (χ0n) is 16.9. The van der Waals surface area contributed by atoms with Crippen molar-refractivity contribution in [2.24, 2.45) is 5.92 Å². The Morgan fingerprint density at radius 3 is 2.59 bits per heavy atom. The third-order valence-corrected chi connectivity index (χ3v) is 5.37. The summed E-state index contributed by atoms with van der Waals surface area (Å²) >= 11 is 6.10. The highest BCUT2D eigenvalue weighted by molar-refractivity contribution is 6.30. The van der Waals surface area contributed by atoms with E-state index >= 15 is 0 Å². The predicted molar refractivity (Wildman–Crippen MR) is 121 cm³/mol. The normalized spacial score (nSPS) is 12.0. The first-order valence-electron chi connectivity index (χ1n) is 9.93. The second-order valence-corrected chi connectivity index (χ2v) is 7.54. The molecule has 0 spiro atoms. The number of ether oxygens (including phenoxy) is 1. The molecule has 0 heterocycles. The van der Waals surface area contributed by atoms with E-state index in [0.717, 1.165) is 35.0 Å². The lowest BCUT2D eigenvalue weighted by molar-refractivity contribution is 0.0943. The minimum Gasteiger partial charge on any atom is -0.385 e. The fourth-order valence-corrected chi connectivity index (χ4v) is 3.59. The summed E-state index contributed by atoms with van der Waals surface area (Å²) in [6, 6.07) is 19.3. The van der Waals surface area contributed by atoms with Crippen molar-refractivity contribution in [3.8, 4) is 0 Å². The van der Waals surface area contributed by atoms with Crippen molar-refractivity contribution >= 4 is 39.7 Å². The molecule has 3 aromatic carbocycles. The molecule has 3 aromatic rings. The van der Waals surface area contributed by atoms with Crippen LogP contribution in [0.4, 0.5) is 11.4 Å². The van der Waals surface area contributed by atoms with Crippen molar-refractivity contribution in [3.63, 3.8) is 0 Å². The molecule has 2 N–H and O–H groups in total. The summed E-state index contributed by atoms with van der Waals surface area (Å²) in [6.07, 6.45) is 1.95. The number of amides is 1. The maximum absolute atomic E-state index is 12.9. The Morgan fingerprint density at radius 1 is 1.07 bits per heavy atom. The molecule has 3 rings (SSSR count). The minimum absolute atomic E-state index is 0.0497. The first-order valence-corrected chi connectivity index (χ1v) is 10.3. The number of carbonyl (C=O) groups excluding carboxylic acids is 1. The summed E-state index contributed by atoms with van der Waals surface area (Å²) < 4.78 is 5.16. The number of methoxy groups -OCH3 is 1. The summed E-state index contributed by atoms with van der Waals surface area (Å²) in [4.78, 5) is 12.9. The molecule has 1 unspecified atom stereocenters. The summed E-state index contributed by atoms with van der Waals surface area (Å²) in [6.45, 7) is 3.49. The first-order chi connectivity index (χ1) is 14.1. The van der Waals surface area contributed by atoms with E-state index in [2.05, 4.69) is 17.6 Å². The number of fused-ring (bicyclic) bond motifs is 1. The lowest BCUT2D eigenvalue weighted by atomic mass is 10.0. The van der Waals surface area contributed by atoms with E-state index in [0.29, 0.717) is 29.7 Å². The second-order valence-electron chi connectivity index (χ2n) is 7.11. The van der Waals surface area contributed by atoms with Gasteiger partial charge in [0.25, 0.3) is 5.91 Å². The molecule has 0 saturated carbocycles. The third kappa shape index (κ3) is 5.49. The van der Waals surface area contributed by atoms with Gasteiger partial charge >= 0.3 is 0 Å². The third-order valence-electron chi connectivity index (χ3n) is 5.13. The Balaban J connectivity index is 1.82. The van der Waals surface area contributed by atoms with Gasteiger partial charge in [0.05, 0.1) is 0 Å². The van der Waals surface area contributed by atoms with Crippen LogP contribution < -0.4 is 10.6 Å². The number of benzene rings is 3. The standard InChI is InChI=1S/C24H27ClN2O2/c1-3-17(13-14-29-2)16-26-24(28)22-11-12-23(21-10-5-4-9-20(21)22)27-19-8-6-7-18(25)15-19/h4-12,15,17,27H,3,13-14,16H2,1-2H3,(H,26,28). The van der Waals surface area contributed by atoms with Crippen LogP contribution >= 0.6 is 11.6 Å². The summed E-state index contributed by atoms with van der Waals surface area (Å²) in [5, 5.41) is 9.09. The fourth-order valence-electron chi connectivity index (χ4n) is 3.40. The number of hydrogen-bond acceptors (Lipinski definition) is 3. The monoisotopic (exact) mass is 410 g/mol. The van der Waals surface area contributed by atoms with Crippen LogP contribution in [0.1, 0.15) is 30.1 Å². The molecule has 5 heteroatoms. The van der Waals surface area contributed by atoms with E-state index in [1.807, 2.05) is 60.7 Å². The SMILES string of the molecule is CCC(CCOC)CNC(=O)c1ccc(Nc2cccc(Cl)c2)c2ccccc12. The van der Waals surface area contributed by atoms with Gasteiger partial charge in [0.1, 0.15) is 0 Å². The van der Waals surface area contributed by atoms with Crippen molar-refractivity contribution in [2.75, 3.05) is 25.6 Å². The van der Waals surface area contributed by atoms with E-state index in [1.165, 1.54) is 0 Å². The van der Waals surface area contributed by atoms with Crippen LogP contribution in [0.15, 0.2) is 60.7 Å². The predicted octanol–water partition coefficient (Wildman–Crippen LogP) is 6.03. The van der Waals surface area contributed by atoms with Crippen LogP contribution in [-0.4, -0.2) is 26.2 Å². The number of nitrogens with one attached hydrogen (secondary N) is 2. The number of halogens is 1. The molecule has 29 heavy (non-hydrogen) atoms. The molecule has 0 aromatic heterocycles. The maximum atomic E-state index is 12.9. The molecular formula is C24H27ClN2O2.